The number of nitrogens with two attached hydrogens (primary N) is 1. The van der Waals surface area contributed by atoms with Crippen molar-refractivity contribution in [3.63, 3.8) is 0 Å². The van der Waals surface area contributed by atoms with Gasteiger partial charge in [-0.1, -0.05) is 0 Å². The highest BCUT2D eigenvalue weighted by Gasteiger charge is 2.13. The summed E-state index contributed by atoms with van der Waals surface area (Å²) in [6.45, 7) is 0.274. The summed E-state index contributed by atoms with van der Waals surface area (Å²) in [7, 11) is 0. The number of nitro groups is 1. The Morgan fingerprint density at radius 1 is 1.71 bits per heavy atom. The quantitative estimate of drug-likeness (QED) is 0.420. The van der Waals surface area contributed by atoms with E-state index in [2.05, 4.69) is 9.72 Å². The molecule has 1 rings (SSSR count). The topological polar surface area (TPSA) is 108 Å². The third-order valence-electron chi connectivity index (χ3n) is 1.44. The molecular weight excluding hydrogens is 190 g/mol. The van der Waals surface area contributed by atoms with Crippen LogP contribution in [0.2, 0.25) is 0 Å². The lowest BCUT2D eigenvalue weighted by atomic mass is 10.2. The van der Waals surface area contributed by atoms with Crippen LogP contribution in [-0.2, 0) is 16.1 Å². The molecule has 14 heavy (non-hydrogen) atoms. The monoisotopic (exact) mass is 197 g/mol. The zero-order chi connectivity index (χ0) is 10.6. The summed E-state index contributed by atoms with van der Waals surface area (Å²) in [4.78, 5) is 23.0. The van der Waals surface area contributed by atoms with Gasteiger partial charge in [-0.25, -0.2) is 0 Å². The number of carbonyl (C=O) groups excluding carboxylic acids is 1. The van der Waals surface area contributed by atoms with Crippen molar-refractivity contribution in [3.05, 3.63) is 27.9 Å². The number of ether oxygens (including phenoxy) is 1. The molecule has 0 atom stereocenters. The van der Waals surface area contributed by atoms with Crippen molar-refractivity contribution in [2.45, 2.75) is 6.61 Å². The zero-order valence-corrected chi connectivity index (χ0v) is 7.04. The van der Waals surface area contributed by atoms with E-state index in [9.17, 15) is 14.9 Å². The number of carbonyl (C=O) groups is 1. The Morgan fingerprint density at radius 2 is 2.43 bits per heavy atom. The summed E-state index contributed by atoms with van der Waals surface area (Å²) >= 11 is 0. The van der Waals surface area contributed by atoms with Crippen LogP contribution in [0.3, 0.4) is 0 Å². The first-order chi connectivity index (χ1) is 6.65. The molecule has 0 bridgehead atoms. The van der Waals surface area contributed by atoms with Gasteiger partial charge in [-0.3, -0.25) is 4.79 Å². The van der Waals surface area contributed by atoms with E-state index in [1.165, 1.54) is 12.3 Å². The molecule has 1 aromatic heterocycles. The highest BCUT2D eigenvalue weighted by Crippen LogP contribution is 2.18. The van der Waals surface area contributed by atoms with Crippen molar-refractivity contribution in [1.29, 1.82) is 0 Å². The van der Waals surface area contributed by atoms with Crippen LogP contribution in [0.1, 0.15) is 5.56 Å². The molecule has 0 aliphatic rings. The molecule has 0 radical (unpaired) electrons. The zero-order valence-electron chi connectivity index (χ0n) is 7.04. The summed E-state index contributed by atoms with van der Waals surface area (Å²) < 4.78 is 4.43. The molecule has 0 fully saturated rings. The van der Waals surface area contributed by atoms with E-state index in [0.717, 1.165) is 0 Å². The third kappa shape index (κ3) is 2.16. The minimum Gasteiger partial charge on any atom is -0.463 e. The lowest BCUT2D eigenvalue weighted by Gasteiger charge is -1.99. The molecule has 0 saturated carbocycles. The first-order valence-electron chi connectivity index (χ1n) is 3.59. The van der Waals surface area contributed by atoms with Gasteiger partial charge in [0.15, 0.2) is 0 Å². The number of pyridine rings is 1. The second kappa shape index (κ2) is 4.17. The lowest BCUT2D eigenvalue weighted by molar-refractivity contribution is -0.388. The number of hydrogen-bond acceptors (Lipinski definition) is 6. The minimum atomic E-state index is -0.681. The normalized spacial score (nSPS) is 9.43. The molecule has 1 aromatic rings. The van der Waals surface area contributed by atoms with Gasteiger partial charge in [0.1, 0.15) is 18.5 Å². The SMILES string of the molecule is Nc1cc(COC=O)cnc1[N+](=O)[O-]. The average Bonchev–Trinajstić information content (AvgIpc) is 2.14. The van der Waals surface area contributed by atoms with E-state index in [4.69, 9.17) is 5.73 Å². The molecule has 0 aliphatic heterocycles. The summed E-state index contributed by atoms with van der Waals surface area (Å²) in [5.74, 6) is -0.403. The van der Waals surface area contributed by atoms with Crippen LogP contribution in [0.5, 0.6) is 0 Å². The first kappa shape index (κ1) is 9.90. The fraction of sp³-hybridized carbons (Fsp3) is 0.143. The molecule has 1 heterocycles. The van der Waals surface area contributed by atoms with Gasteiger partial charge in [-0.2, -0.15) is 0 Å². The predicted molar refractivity (Wildman–Crippen MR) is 46.2 cm³/mol. The number of anilines is 1. The Bertz CT molecular complexity index is 366. The van der Waals surface area contributed by atoms with Gasteiger partial charge in [0, 0.05) is 5.56 Å². The molecule has 0 spiro atoms. The van der Waals surface area contributed by atoms with E-state index >= 15 is 0 Å². The van der Waals surface area contributed by atoms with E-state index in [1.54, 1.807) is 0 Å². The maximum absolute atomic E-state index is 10.3. The molecule has 0 aromatic carbocycles. The number of hydrogen-bond donors (Lipinski definition) is 1. The van der Waals surface area contributed by atoms with Crippen molar-refractivity contribution >= 4 is 18.0 Å². The molecule has 0 unspecified atom stereocenters. The van der Waals surface area contributed by atoms with Crippen molar-refractivity contribution in [3.8, 4) is 0 Å². The summed E-state index contributed by atoms with van der Waals surface area (Å²) in [6.07, 6.45) is 1.23. The van der Waals surface area contributed by atoms with Crippen LogP contribution >= 0.6 is 0 Å². The molecule has 0 saturated heterocycles. The summed E-state index contributed by atoms with van der Waals surface area (Å²) in [5, 5.41) is 10.3. The van der Waals surface area contributed by atoms with Gasteiger partial charge < -0.3 is 20.6 Å². The van der Waals surface area contributed by atoms with Gasteiger partial charge in [0.25, 0.3) is 6.47 Å². The minimum absolute atomic E-state index is 0.00130. The van der Waals surface area contributed by atoms with E-state index in [-0.39, 0.29) is 18.8 Å². The van der Waals surface area contributed by atoms with Crippen LogP contribution < -0.4 is 5.73 Å². The van der Waals surface area contributed by atoms with Crippen molar-refractivity contribution < 1.29 is 14.5 Å². The van der Waals surface area contributed by atoms with Crippen LogP contribution in [-0.4, -0.2) is 16.4 Å². The van der Waals surface area contributed by atoms with Gasteiger partial charge in [0.05, 0.1) is 0 Å². The second-order valence-corrected chi connectivity index (χ2v) is 2.42. The standard InChI is InChI=1S/C7H7N3O4/c8-6-1-5(3-14-4-11)2-9-7(6)10(12)13/h1-2,4H,3,8H2. The predicted octanol–water partition coefficient (Wildman–Crippen LogP) is 0.245. The summed E-state index contributed by atoms with van der Waals surface area (Å²) in [5.41, 5.74) is 5.79. The molecule has 0 aliphatic carbocycles. The van der Waals surface area contributed by atoms with Crippen molar-refractivity contribution in [1.82, 2.24) is 4.98 Å². The number of nitrogen functional groups attached to an aromatic ring is 1. The van der Waals surface area contributed by atoms with Crippen LogP contribution in [0.25, 0.3) is 0 Å². The molecule has 74 valence electrons. The van der Waals surface area contributed by atoms with Gasteiger partial charge >= 0.3 is 5.82 Å². The van der Waals surface area contributed by atoms with Crippen LogP contribution in [0, 0.1) is 10.1 Å². The fourth-order valence-electron chi connectivity index (χ4n) is 0.882. The average molecular weight is 197 g/mol. The highest BCUT2D eigenvalue weighted by molar-refractivity contribution is 5.54. The van der Waals surface area contributed by atoms with Gasteiger partial charge in [-0.15, -0.1) is 0 Å². The highest BCUT2D eigenvalue weighted by atomic mass is 16.6. The first-order valence-corrected chi connectivity index (χ1v) is 3.59. The smallest absolute Gasteiger partial charge is 0.386 e. The number of nitrogens with zero attached hydrogens (tertiary/aromatic N) is 2. The number of aromatic nitrogens is 1. The number of rotatable bonds is 4. The Morgan fingerprint density at radius 3 is 2.93 bits per heavy atom. The largest absolute Gasteiger partial charge is 0.463 e. The Balaban J connectivity index is 2.88. The molecule has 7 nitrogen and oxygen atoms in total. The van der Waals surface area contributed by atoms with Crippen molar-refractivity contribution in [2.24, 2.45) is 0 Å². The molecule has 0 amide bonds. The van der Waals surface area contributed by atoms with Crippen LogP contribution in [0.15, 0.2) is 12.3 Å². The van der Waals surface area contributed by atoms with Gasteiger partial charge in [0.2, 0.25) is 0 Å². The van der Waals surface area contributed by atoms with Gasteiger partial charge in [-0.05, 0) is 16.0 Å². The van der Waals surface area contributed by atoms with E-state index in [1.807, 2.05) is 0 Å². The van der Waals surface area contributed by atoms with Crippen molar-refractivity contribution in [2.75, 3.05) is 5.73 Å². The maximum atomic E-state index is 10.3. The molecule has 2 N–H and O–H groups in total. The third-order valence-corrected chi connectivity index (χ3v) is 1.44. The Kier molecular flexibility index (Phi) is 2.95. The fourth-order valence-corrected chi connectivity index (χ4v) is 0.882. The van der Waals surface area contributed by atoms with Crippen LogP contribution in [0.4, 0.5) is 11.5 Å². The molecular formula is C7H7N3O4. The Labute approximate surface area is 78.6 Å². The molecule has 7 heteroatoms. The Hall–Kier alpha value is -2.18. The summed E-state index contributed by atoms with van der Waals surface area (Å²) in [6, 6.07) is 1.34. The second-order valence-electron chi connectivity index (χ2n) is 2.42. The van der Waals surface area contributed by atoms with E-state index in [0.29, 0.717) is 5.56 Å². The van der Waals surface area contributed by atoms with E-state index < -0.39 is 10.7 Å². The maximum Gasteiger partial charge on any atom is 0.386 e. The lowest BCUT2D eigenvalue weighted by Crippen LogP contribution is -2.00.